The molecule has 0 aliphatic carbocycles. The van der Waals surface area contributed by atoms with Crippen LogP contribution in [0, 0.1) is 6.92 Å². The summed E-state index contributed by atoms with van der Waals surface area (Å²) in [6, 6.07) is 13.9. The first-order valence-electron chi connectivity index (χ1n) is 10.7. The van der Waals surface area contributed by atoms with Gasteiger partial charge in [0.05, 0.1) is 11.6 Å². The van der Waals surface area contributed by atoms with Gasteiger partial charge in [-0.1, -0.05) is 42.5 Å². The number of ether oxygens (including phenoxy) is 1. The van der Waals surface area contributed by atoms with Crippen LogP contribution >= 0.6 is 0 Å². The molecule has 2 aromatic rings. The Morgan fingerprint density at radius 2 is 1.78 bits per heavy atom. The van der Waals surface area contributed by atoms with Crippen molar-refractivity contribution in [2.24, 2.45) is 0 Å². The number of likely N-dealkylation sites (tertiary alicyclic amines) is 1. The standard InChI is InChI=1S/C26H30N2O4/c1-5-17-32-21-13-11-20(12-14-21)24(29)22-23(19-9-7-18(2)8-10-19)28(26(31)25(22)30)16-6-15-27(3)4/h5,7-14,23,29H,1,6,15-17H2,2-4H3/t23-/m0/s1. The fourth-order valence-electron chi connectivity index (χ4n) is 3.78. The van der Waals surface area contributed by atoms with Gasteiger partial charge in [-0.25, -0.2) is 0 Å². The topological polar surface area (TPSA) is 70.1 Å². The normalized spacial score (nSPS) is 17.8. The summed E-state index contributed by atoms with van der Waals surface area (Å²) in [6.07, 6.45) is 2.37. The minimum atomic E-state index is -0.662. The second kappa shape index (κ2) is 10.3. The first-order chi connectivity index (χ1) is 15.3. The number of carbonyl (C=O) groups is 2. The highest BCUT2D eigenvalue weighted by molar-refractivity contribution is 6.46. The lowest BCUT2D eigenvalue weighted by Gasteiger charge is -2.26. The van der Waals surface area contributed by atoms with Gasteiger partial charge in [0.25, 0.3) is 11.7 Å². The second-order valence-electron chi connectivity index (χ2n) is 8.18. The molecular formula is C26H30N2O4. The largest absolute Gasteiger partial charge is 0.507 e. The summed E-state index contributed by atoms with van der Waals surface area (Å²) >= 11 is 0. The molecule has 1 fully saturated rings. The Balaban J connectivity index is 2.02. The van der Waals surface area contributed by atoms with Gasteiger partial charge in [-0.05, 0) is 63.8 Å². The summed E-state index contributed by atoms with van der Waals surface area (Å²) in [4.78, 5) is 29.6. The van der Waals surface area contributed by atoms with Crippen molar-refractivity contribution in [3.8, 4) is 5.75 Å². The number of amides is 1. The van der Waals surface area contributed by atoms with E-state index in [0.29, 0.717) is 24.5 Å². The van der Waals surface area contributed by atoms with E-state index in [1.165, 1.54) is 0 Å². The molecule has 2 aromatic carbocycles. The van der Waals surface area contributed by atoms with Crippen LogP contribution < -0.4 is 4.74 Å². The van der Waals surface area contributed by atoms with Gasteiger partial charge < -0.3 is 19.6 Å². The van der Waals surface area contributed by atoms with Crippen LogP contribution in [0.4, 0.5) is 0 Å². The number of hydrogen-bond donors (Lipinski definition) is 1. The summed E-state index contributed by atoms with van der Waals surface area (Å²) in [5.74, 6) is -0.799. The molecular weight excluding hydrogens is 404 g/mol. The van der Waals surface area contributed by atoms with Gasteiger partial charge in [-0.2, -0.15) is 0 Å². The molecule has 32 heavy (non-hydrogen) atoms. The number of aliphatic hydroxyl groups is 1. The summed E-state index contributed by atoms with van der Waals surface area (Å²) < 4.78 is 5.49. The summed E-state index contributed by atoms with van der Waals surface area (Å²) in [5, 5.41) is 11.1. The van der Waals surface area contributed by atoms with Crippen LogP contribution in [0.5, 0.6) is 5.75 Å². The molecule has 0 bridgehead atoms. The van der Waals surface area contributed by atoms with Gasteiger partial charge in [-0.15, -0.1) is 0 Å². The van der Waals surface area contributed by atoms with E-state index in [4.69, 9.17) is 4.74 Å². The molecule has 3 rings (SSSR count). The van der Waals surface area contributed by atoms with Crippen LogP contribution in [0.15, 0.2) is 66.8 Å². The van der Waals surface area contributed by atoms with Crippen LogP contribution in [-0.4, -0.2) is 60.4 Å². The molecule has 1 atom stereocenters. The third kappa shape index (κ3) is 5.08. The molecule has 1 amide bonds. The first-order valence-corrected chi connectivity index (χ1v) is 10.7. The predicted molar refractivity (Wildman–Crippen MR) is 125 cm³/mol. The Morgan fingerprint density at radius 1 is 1.12 bits per heavy atom. The molecule has 0 spiro atoms. The molecule has 6 nitrogen and oxygen atoms in total. The molecule has 0 radical (unpaired) electrons. The van der Waals surface area contributed by atoms with E-state index in [2.05, 4.69) is 6.58 Å². The van der Waals surface area contributed by atoms with Crippen molar-refractivity contribution < 1.29 is 19.4 Å². The molecule has 6 heteroatoms. The lowest BCUT2D eigenvalue weighted by Crippen LogP contribution is -2.32. The molecule has 1 saturated heterocycles. The van der Waals surface area contributed by atoms with Crippen molar-refractivity contribution in [1.82, 2.24) is 9.80 Å². The number of benzene rings is 2. The van der Waals surface area contributed by atoms with Gasteiger partial charge in [0.1, 0.15) is 18.1 Å². The Bertz CT molecular complexity index is 1010. The van der Waals surface area contributed by atoms with Crippen LogP contribution in [0.1, 0.15) is 29.2 Å². The van der Waals surface area contributed by atoms with E-state index in [9.17, 15) is 14.7 Å². The average Bonchev–Trinajstić information content (AvgIpc) is 3.03. The lowest BCUT2D eigenvalue weighted by atomic mass is 9.94. The number of Topliss-reactive ketones (excluding diaryl/α,β-unsaturated/α-hetero) is 1. The Hall–Kier alpha value is -3.38. The van der Waals surface area contributed by atoms with Crippen LogP contribution in [0.25, 0.3) is 5.76 Å². The fourth-order valence-corrected chi connectivity index (χ4v) is 3.78. The zero-order valence-electron chi connectivity index (χ0n) is 18.9. The van der Waals surface area contributed by atoms with Crippen LogP contribution in [0.3, 0.4) is 0 Å². The van der Waals surface area contributed by atoms with Crippen molar-refractivity contribution in [3.05, 3.63) is 83.4 Å². The molecule has 0 unspecified atom stereocenters. The molecule has 1 heterocycles. The van der Waals surface area contributed by atoms with E-state index in [1.54, 1.807) is 35.2 Å². The van der Waals surface area contributed by atoms with Crippen molar-refractivity contribution in [2.75, 3.05) is 33.8 Å². The average molecular weight is 435 g/mol. The smallest absolute Gasteiger partial charge is 0.295 e. The maximum atomic E-state index is 13.0. The van der Waals surface area contributed by atoms with Gasteiger partial charge in [0.15, 0.2) is 0 Å². The van der Waals surface area contributed by atoms with E-state index >= 15 is 0 Å². The Kier molecular flexibility index (Phi) is 7.49. The van der Waals surface area contributed by atoms with E-state index in [1.807, 2.05) is 50.2 Å². The molecule has 1 aliphatic rings. The number of aryl methyl sites for hydroxylation is 1. The summed E-state index contributed by atoms with van der Waals surface area (Å²) in [7, 11) is 3.93. The summed E-state index contributed by atoms with van der Waals surface area (Å²) in [6.45, 7) is 7.18. The summed E-state index contributed by atoms with van der Waals surface area (Å²) in [5.41, 5.74) is 2.45. The Morgan fingerprint density at radius 3 is 2.38 bits per heavy atom. The molecule has 0 saturated carbocycles. The molecule has 1 N–H and O–H groups in total. The van der Waals surface area contributed by atoms with E-state index in [0.717, 1.165) is 24.1 Å². The monoisotopic (exact) mass is 434 g/mol. The van der Waals surface area contributed by atoms with Gasteiger partial charge in [-0.3, -0.25) is 9.59 Å². The van der Waals surface area contributed by atoms with Crippen LogP contribution in [-0.2, 0) is 9.59 Å². The highest BCUT2D eigenvalue weighted by Gasteiger charge is 2.45. The van der Waals surface area contributed by atoms with Crippen molar-refractivity contribution in [1.29, 1.82) is 0 Å². The fraction of sp³-hybridized carbons (Fsp3) is 0.308. The minimum Gasteiger partial charge on any atom is -0.507 e. The third-order valence-corrected chi connectivity index (χ3v) is 5.43. The van der Waals surface area contributed by atoms with Crippen molar-refractivity contribution in [3.63, 3.8) is 0 Å². The highest BCUT2D eigenvalue weighted by Crippen LogP contribution is 2.39. The number of aliphatic hydroxyl groups excluding tert-OH is 1. The maximum Gasteiger partial charge on any atom is 0.295 e. The number of rotatable bonds is 9. The van der Waals surface area contributed by atoms with Crippen molar-refractivity contribution in [2.45, 2.75) is 19.4 Å². The highest BCUT2D eigenvalue weighted by atomic mass is 16.5. The zero-order chi connectivity index (χ0) is 23.3. The predicted octanol–water partition coefficient (Wildman–Crippen LogP) is 3.93. The maximum absolute atomic E-state index is 13.0. The number of nitrogens with zero attached hydrogens (tertiary/aromatic N) is 2. The second-order valence-corrected chi connectivity index (χ2v) is 8.18. The van der Waals surface area contributed by atoms with E-state index < -0.39 is 17.7 Å². The lowest BCUT2D eigenvalue weighted by molar-refractivity contribution is -0.139. The SMILES string of the molecule is C=CCOc1ccc(C(O)=C2C(=O)C(=O)N(CCCN(C)C)[C@H]2c2ccc(C)cc2)cc1. The zero-order valence-corrected chi connectivity index (χ0v) is 18.9. The van der Waals surface area contributed by atoms with Crippen molar-refractivity contribution >= 4 is 17.4 Å². The number of carbonyl (C=O) groups excluding carboxylic acids is 2. The third-order valence-electron chi connectivity index (χ3n) is 5.43. The van der Waals surface area contributed by atoms with E-state index in [-0.39, 0.29) is 11.3 Å². The molecule has 168 valence electrons. The van der Waals surface area contributed by atoms with Gasteiger partial charge in [0, 0.05) is 12.1 Å². The quantitative estimate of drug-likeness (QED) is 0.280. The van der Waals surface area contributed by atoms with Crippen LogP contribution in [0.2, 0.25) is 0 Å². The number of hydrogen-bond acceptors (Lipinski definition) is 5. The molecule has 1 aliphatic heterocycles. The minimum absolute atomic E-state index is 0.114. The molecule has 0 aromatic heterocycles. The first kappa shape index (κ1) is 23.3. The van der Waals surface area contributed by atoms with Gasteiger partial charge >= 0.3 is 0 Å². The Labute approximate surface area is 189 Å². The van der Waals surface area contributed by atoms with Gasteiger partial charge in [0.2, 0.25) is 0 Å². The number of ketones is 1.